The van der Waals surface area contributed by atoms with Crippen LogP contribution in [0, 0.1) is 5.92 Å². The fourth-order valence-electron chi connectivity index (χ4n) is 5.29. The van der Waals surface area contributed by atoms with Gasteiger partial charge in [0.1, 0.15) is 12.1 Å². The molecular formula is C28H42BNO4. The summed E-state index contributed by atoms with van der Waals surface area (Å²) in [6.45, 7) is 8.94. The van der Waals surface area contributed by atoms with Crippen molar-refractivity contribution in [1.29, 1.82) is 0 Å². The smallest absolute Gasteiger partial charge is 0.461 e. The van der Waals surface area contributed by atoms with Crippen LogP contribution in [0.4, 0.5) is 0 Å². The number of carbonyl (C=O) groups excluding carboxylic acids is 1. The van der Waals surface area contributed by atoms with Crippen molar-refractivity contribution in [3.05, 3.63) is 35.9 Å². The normalized spacial score (nSPS) is 24.1. The van der Waals surface area contributed by atoms with E-state index in [1.165, 1.54) is 32.1 Å². The highest BCUT2D eigenvalue weighted by molar-refractivity contribution is 6.62. The van der Waals surface area contributed by atoms with E-state index in [-0.39, 0.29) is 36.4 Å². The summed E-state index contributed by atoms with van der Waals surface area (Å²) < 4.78 is 18.2. The molecule has 34 heavy (non-hydrogen) atoms. The van der Waals surface area contributed by atoms with Crippen molar-refractivity contribution in [1.82, 2.24) is 5.32 Å². The molecule has 4 rings (SSSR count). The van der Waals surface area contributed by atoms with Gasteiger partial charge in [0.2, 0.25) is 0 Å². The van der Waals surface area contributed by atoms with Crippen molar-refractivity contribution in [2.24, 2.45) is 5.92 Å². The third-order valence-electron chi connectivity index (χ3n) is 8.19. The van der Waals surface area contributed by atoms with E-state index in [9.17, 15) is 4.79 Å². The van der Waals surface area contributed by atoms with Crippen LogP contribution in [0.2, 0.25) is 0 Å². The van der Waals surface area contributed by atoms with Gasteiger partial charge in [-0.3, -0.25) is 4.79 Å². The van der Waals surface area contributed by atoms with E-state index in [0.717, 1.165) is 36.7 Å². The third-order valence-corrected chi connectivity index (χ3v) is 8.19. The van der Waals surface area contributed by atoms with Crippen LogP contribution < -0.4 is 10.8 Å². The molecule has 3 aliphatic rings. The zero-order valence-electron chi connectivity index (χ0n) is 21.5. The van der Waals surface area contributed by atoms with Crippen molar-refractivity contribution in [3.8, 4) is 0 Å². The molecule has 0 unspecified atom stereocenters. The number of esters is 1. The van der Waals surface area contributed by atoms with E-state index in [0.29, 0.717) is 12.5 Å². The molecule has 1 N–H and O–H groups in total. The van der Waals surface area contributed by atoms with Crippen molar-refractivity contribution < 1.29 is 18.8 Å². The summed E-state index contributed by atoms with van der Waals surface area (Å²) >= 11 is 0. The number of ether oxygens (including phenoxy) is 1. The van der Waals surface area contributed by atoms with Gasteiger partial charge < -0.3 is 19.4 Å². The second-order valence-corrected chi connectivity index (χ2v) is 11.3. The zero-order valence-corrected chi connectivity index (χ0v) is 21.5. The van der Waals surface area contributed by atoms with Gasteiger partial charge in [0.15, 0.2) is 0 Å². The van der Waals surface area contributed by atoms with Crippen LogP contribution in [0.15, 0.2) is 30.3 Å². The molecular weight excluding hydrogens is 425 g/mol. The van der Waals surface area contributed by atoms with Crippen LogP contribution in [-0.2, 0) is 18.8 Å². The molecule has 1 aliphatic heterocycles. The van der Waals surface area contributed by atoms with Gasteiger partial charge in [-0.2, -0.15) is 0 Å². The fraction of sp³-hybridized carbons (Fsp3) is 0.679. The molecule has 1 saturated heterocycles. The van der Waals surface area contributed by atoms with Gasteiger partial charge >= 0.3 is 13.1 Å². The average molecular weight is 467 g/mol. The minimum atomic E-state index is -0.341. The van der Waals surface area contributed by atoms with E-state index in [1.807, 2.05) is 0 Å². The maximum Gasteiger partial charge on any atom is 0.494 e. The Morgan fingerprint density at radius 3 is 2.21 bits per heavy atom. The Morgan fingerprint density at radius 2 is 1.59 bits per heavy atom. The van der Waals surface area contributed by atoms with Crippen LogP contribution in [0.25, 0.3) is 6.08 Å². The van der Waals surface area contributed by atoms with Gasteiger partial charge in [-0.05, 0) is 83.2 Å². The third kappa shape index (κ3) is 6.13. The zero-order chi connectivity index (χ0) is 24.2. The minimum absolute atomic E-state index is 0.0426. The van der Waals surface area contributed by atoms with Crippen LogP contribution in [0.5, 0.6) is 0 Å². The van der Waals surface area contributed by atoms with Gasteiger partial charge in [-0.25, -0.2) is 0 Å². The lowest BCUT2D eigenvalue weighted by Gasteiger charge is -2.32. The second-order valence-electron chi connectivity index (χ2n) is 11.3. The van der Waals surface area contributed by atoms with Crippen molar-refractivity contribution in [2.45, 2.75) is 109 Å². The Balaban J connectivity index is 1.31. The number of carbonyl (C=O) groups is 1. The molecule has 0 spiro atoms. The molecule has 1 aromatic carbocycles. The first-order chi connectivity index (χ1) is 16.2. The lowest BCUT2D eigenvalue weighted by Crippen LogP contribution is -2.45. The van der Waals surface area contributed by atoms with E-state index < -0.39 is 0 Å². The van der Waals surface area contributed by atoms with Gasteiger partial charge in [-0.1, -0.05) is 55.7 Å². The van der Waals surface area contributed by atoms with E-state index in [2.05, 4.69) is 69.4 Å². The maximum atomic E-state index is 13.0. The standard InChI is InChI=1S/C28H42BNO4/c1-27(2)28(3,4)34-29(33-27)23-18-16-21(17-19-23)11-10-20-30-25(22-12-6-5-7-13-22)26(31)32-24-14-8-9-15-24/h10-11,16-19,22,24-25,30H,5-9,12-15,20H2,1-4H3/b11-10+/t25-/m0/s1. The molecule has 0 amide bonds. The molecule has 0 radical (unpaired) electrons. The van der Waals surface area contributed by atoms with Gasteiger partial charge in [0, 0.05) is 6.54 Å². The van der Waals surface area contributed by atoms with Crippen LogP contribution in [0.1, 0.15) is 91.0 Å². The quantitative estimate of drug-likeness (QED) is 0.430. The number of hydrogen-bond donors (Lipinski definition) is 1. The fourth-order valence-corrected chi connectivity index (χ4v) is 5.29. The Labute approximate surface area is 206 Å². The summed E-state index contributed by atoms with van der Waals surface area (Å²) in [4.78, 5) is 13.0. The van der Waals surface area contributed by atoms with E-state index >= 15 is 0 Å². The average Bonchev–Trinajstić information content (AvgIpc) is 3.39. The summed E-state index contributed by atoms with van der Waals surface area (Å²) in [5.74, 6) is 0.342. The Bertz CT molecular complexity index is 822. The number of rotatable bonds is 8. The lowest BCUT2D eigenvalue weighted by molar-refractivity contribution is -0.153. The van der Waals surface area contributed by atoms with Gasteiger partial charge in [0.05, 0.1) is 11.2 Å². The minimum Gasteiger partial charge on any atom is -0.461 e. The Hall–Kier alpha value is -1.63. The predicted octanol–water partition coefficient (Wildman–Crippen LogP) is 5.02. The van der Waals surface area contributed by atoms with Crippen molar-refractivity contribution in [2.75, 3.05) is 6.54 Å². The molecule has 1 heterocycles. The molecule has 1 aromatic rings. The lowest BCUT2D eigenvalue weighted by atomic mass is 9.79. The molecule has 2 saturated carbocycles. The van der Waals surface area contributed by atoms with E-state index in [4.69, 9.17) is 14.0 Å². The number of benzene rings is 1. The molecule has 186 valence electrons. The van der Waals surface area contributed by atoms with Crippen LogP contribution in [0.3, 0.4) is 0 Å². The molecule has 3 fully saturated rings. The molecule has 0 aromatic heterocycles. The highest BCUT2D eigenvalue weighted by Crippen LogP contribution is 2.36. The summed E-state index contributed by atoms with van der Waals surface area (Å²) in [7, 11) is -0.341. The predicted molar refractivity (Wildman–Crippen MR) is 138 cm³/mol. The van der Waals surface area contributed by atoms with Crippen molar-refractivity contribution in [3.63, 3.8) is 0 Å². The first-order valence-electron chi connectivity index (χ1n) is 13.3. The largest absolute Gasteiger partial charge is 0.494 e. The molecule has 0 bridgehead atoms. The highest BCUT2D eigenvalue weighted by atomic mass is 16.7. The summed E-state index contributed by atoms with van der Waals surface area (Å²) in [5, 5.41) is 3.51. The first-order valence-corrected chi connectivity index (χ1v) is 13.3. The van der Waals surface area contributed by atoms with Crippen LogP contribution >= 0.6 is 0 Å². The Kier molecular flexibility index (Phi) is 8.22. The summed E-state index contributed by atoms with van der Waals surface area (Å²) in [6.07, 6.45) is 14.6. The molecule has 1 atom stereocenters. The maximum absolute atomic E-state index is 13.0. The number of nitrogens with one attached hydrogen (secondary N) is 1. The SMILES string of the molecule is CC1(C)OB(c2ccc(/C=C/CN[C@H](C(=O)OC3CCCC3)C3CCCCC3)cc2)OC1(C)C. The topological polar surface area (TPSA) is 56.8 Å². The van der Waals surface area contributed by atoms with Gasteiger partial charge in [0.25, 0.3) is 0 Å². The highest BCUT2D eigenvalue weighted by Gasteiger charge is 2.51. The van der Waals surface area contributed by atoms with Gasteiger partial charge in [-0.15, -0.1) is 0 Å². The molecule has 5 nitrogen and oxygen atoms in total. The Morgan fingerprint density at radius 1 is 1.00 bits per heavy atom. The second kappa shape index (κ2) is 11.0. The monoisotopic (exact) mass is 467 g/mol. The summed E-state index contributed by atoms with van der Waals surface area (Å²) in [6, 6.07) is 8.11. The van der Waals surface area contributed by atoms with Crippen LogP contribution in [-0.4, -0.2) is 43.0 Å². The molecule has 6 heteroatoms. The van der Waals surface area contributed by atoms with E-state index in [1.54, 1.807) is 0 Å². The number of hydrogen-bond acceptors (Lipinski definition) is 5. The molecule has 2 aliphatic carbocycles. The first kappa shape index (κ1) is 25.5. The van der Waals surface area contributed by atoms with Crippen molar-refractivity contribution >= 4 is 24.6 Å². The summed E-state index contributed by atoms with van der Waals surface area (Å²) in [5.41, 5.74) is 1.47.